The topological polar surface area (TPSA) is 71.1 Å². The van der Waals surface area contributed by atoms with E-state index in [4.69, 9.17) is 0 Å². The molecule has 1 fully saturated rings. The average molecular weight is 298 g/mol. The van der Waals surface area contributed by atoms with Crippen molar-refractivity contribution in [1.82, 2.24) is 10.3 Å². The molecule has 1 saturated heterocycles. The van der Waals surface area contributed by atoms with Crippen LogP contribution in [0.3, 0.4) is 0 Å². The molecular weight excluding hydrogens is 286 g/mol. The Hall–Kier alpha value is -1.43. The standard InChI is InChI=1S/C11H12BrN3O2/c12-9-3-2-8(6-13-9)15-11(17)7-1-4-10(16)14-5-7/h2-3,6-7H,1,4-5H2,(H,14,16)(H,15,17). The van der Waals surface area contributed by atoms with Gasteiger partial charge in [-0.05, 0) is 34.5 Å². The number of hydrogen-bond acceptors (Lipinski definition) is 3. The molecule has 1 aromatic heterocycles. The van der Waals surface area contributed by atoms with Gasteiger partial charge in [0.15, 0.2) is 0 Å². The molecule has 5 nitrogen and oxygen atoms in total. The molecule has 0 spiro atoms. The number of anilines is 1. The number of amides is 2. The van der Waals surface area contributed by atoms with Gasteiger partial charge in [0.1, 0.15) is 4.60 Å². The second kappa shape index (κ2) is 5.27. The number of pyridine rings is 1. The molecular formula is C11H12BrN3O2. The molecule has 0 aromatic carbocycles. The zero-order valence-electron chi connectivity index (χ0n) is 9.07. The van der Waals surface area contributed by atoms with E-state index in [1.807, 2.05) is 0 Å². The van der Waals surface area contributed by atoms with E-state index in [0.29, 0.717) is 25.1 Å². The van der Waals surface area contributed by atoms with Crippen LogP contribution in [0.4, 0.5) is 5.69 Å². The molecule has 1 atom stereocenters. The first-order valence-electron chi connectivity index (χ1n) is 5.34. The molecule has 0 bridgehead atoms. The number of piperidine rings is 1. The Morgan fingerprint density at radius 3 is 2.94 bits per heavy atom. The Bertz CT molecular complexity index is 423. The number of halogens is 1. The summed E-state index contributed by atoms with van der Waals surface area (Å²) in [5.41, 5.74) is 0.662. The van der Waals surface area contributed by atoms with E-state index in [-0.39, 0.29) is 17.7 Å². The van der Waals surface area contributed by atoms with E-state index in [1.165, 1.54) is 0 Å². The molecule has 0 saturated carbocycles. The van der Waals surface area contributed by atoms with Crippen LogP contribution in [0, 0.1) is 5.92 Å². The molecule has 1 unspecified atom stereocenters. The third-order valence-electron chi connectivity index (χ3n) is 2.63. The van der Waals surface area contributed by atoms with E-state index < -0.39 is 0 Å². The van der Waals surface area contributed by atoms with Crippen LogP contribution in [0.1, 0.15) is 12.8 Å². The summed E-state index contributed by atoms with van der Waals surface area (Å²) in [6.45, 7) is 0.411. The lowest BCUT2D eigenvalue weighted by molar-refractivity contribution is -0.126. The predicted octanol–water partition coefficient (Wildman–Crippen LogP) is 1.31. The highest BCUT2D eigenvalue weighted by molar-refractivity contribution is 9.10. The minimum absolute atomic E-state index is 0.0133. The van der Waals surface area contributed by atoms with Crippen LogP contribution in [0.5, 0.6) is 0 Å². The summed E-state index contributed by atoms with van der Waals surface area (Å²) in [7, 11) is 0. The van der Waals surface area contributed by atoms with Crippen LogP contribution < -0.4 is 10.6 Å². The van der Waals surface area contributed by atoms with E-state index >= 15 is 0 Å². The summed E-state index contributed by atoms with van der Waals surface area (Å²) in [4.78, 5) is 26.8. The van der Waals surface area contributed by atoms with Gasteiger partial charge in [0.25, 0.3) is 0 Å². The van der Waals surface area contributed by atoms with Crippen LogP contribution in [-0.2, 0) is 9.59 Å². The first-order valence-corrected chi connectivity index (χ1v) is 6.13. The lowest BCUT2D eigenvalue weighted by Gasteiger charge is -2.21. The maximum atomic E-state index is 11.9. The quantitative estimate of drug-likeness (QED) is 0.809. The van der Waals surface area contributed by atoms with Crippen molar-refractivity contribution in [2.45, 2.75) is 12.8 Å². The molecule has 17 heavy (non-hydrogen) atoms. The zero-order valence-corrected chi connectivity index (χ0v) is 10.7. The summed E-state index contributed by atoms with van der Waals surface area (Å²) in [6.07, 6.45) is 2.60. The summed E-state index contributed by atoms with van der Waals surface area (Å²) in [6, 6.07) is 3.54. The number of nitrogens with zero attached hydrogens (tertiary/aromatic N) is 1. The summed E-state index contributed by atoms with van der Waals surface area (Å²) in [5, 5.41) is 5.47. The molecule has 2 amide bonds. The van der Waals surface area contributed by atoms with E-state index in [9.17, 15) is 9.59 Å². The maximum absolute atomic E-state index is 11.9. The van der Waals surface area contributed by atoms with Gasteiger partial charge in [0.05, 0.1) is 17.8 Å². The summed E-state index contributed by atoms with van der Waals surface area (Å²) in [5.74, 6) is -0.218. The molecule has 6 heteroatoms. The van der Waals surface area contributed by atoms with Gasteiger partial charge < -0.3 is 10.6 Å². The van der Waals surface area contributed by atoms with E-state index in [1.54, 1.807) is 18.3 Å². The van der Waals surface area contributed by atoms with Gasteiger partial charge in [0, 0.05) is 13.0 Å². The monoisotopic (exact) mass is 297 g/mol. The van der Waals surface area contributed by atoms with Gasteiger partial charge in [-0.3, -0.25) is 9.59 Å². The van der Waals surface area contributed by atoms with Gasteiger partial charge in [0.2, 0.25) is 11.8 Å². The highest BCUT2D eigenvalue weighted by Gasteiger charge is 2.24. The van der Waals surface area contributed by atoms with E-state index in [0.717, 1.165) is 4.60 Å². The van der Waals surface area contributed by atoms with Crippen LogP contribution >= 0.6 is 15.9 Å². The third kappa shape index (κ3) is 3.26. The normalized spacial score (nSPS) is 19.6. The van der Waals surface area contributed by atoms with Crippen molar-refractivity contribution in [2.75, 3.05) is 11.9 Å². The Labute approximate surface area is 107 Å². The van der Waals surface area contributed by atoms with Crippen molar-refractivity contribution in [3.63, 3.8) is 0 Å². The van der Waals surface area contributed by atoms with Gasteiger partial charge >= 0.3 is 0 Å². The molecule has 1 aliphatic heterocycles. The highest BCUT2D eigenvalue weighted by atomic mass is 79.9. The van der Waals surface area contributed by atoms with Crippen molar-refractivity contribution in [2.24, 2.45) is 5.92 Å². The summed E-state index contributed by atoms with van der Waals surface area (Å²) >= 11 is 3.22. The molecule has 2 rings (SSSR count). The van der Waals surface area contributed by atoms with Gasteiger partial charge in [-0.1, -0.05) is 0 Å². The maximum Gasteiger partial charge on any atom is 0.229 e. The molecule has 2 heterocycles. The van der Waals surface area contributed by atoms with Gasteiger partial charge in [-0.2, -0.15) is 0 Å². The number of carbonyl (C=O) groups is 2. The summed E-state index contributed by atoms with van der Waals surface area (Å²) < 4.78 is 0.723. The SMILES string of the molecule is O=C1CCC(C(=O)Nc2ccc(Br)nc2)CN1. The van der Waals surface area contributed by atoms with Crippen molar-refractivity contribution >= 4 is 33.4 Å². The lowest BCUT2D eigenvalue weighted by Crippen LogP contribution is -2.40. The molecule has 90 valence electrons. The van der Waals surface area contributed by atoms with Gasteiger partial charge in [-0.25, -0.2) is 4.98 Å². The van der Waals surface area contributed by atoms with E-state index in [2.05, 4.69) is 31.5 Å². The minimum Gasteiger partial charge on any atom is -0.355 e. The number of nitrogens with one attached hydrogen (secondary N) is 2. The predicted molar refractivity (Wildman–Crippen MR) is 66.3 cm³/mol. The number of carbonyl (C=O) groups excluding carboxylic acids is 2. The Morgan fingerprint density at radius 2 is 2.35 bits per heavy atom. The molecule has 0 aliphatic carbocycles. The van der Waals surface area contributed by atoms with Crippen molar-refractivity contribution in [3.05, 3.63) is 22.9 Å². The van der Waals surface area contributed by atoms with Crippen molar-refractivity contribution < 1.29 is 9.59 Å². The van der Waals surface area contributed by atoms with Crippen LogP contribution in [-0.4, -0.2) is 23.3 Å². The highest BCUT2D eigenvalue weighted by Crippen LogP contribution is 2.15. The molecule has 1 aliphatic rings. The molecule has 0 radical (unpaired) electrons. The molecule has 1 aromatic rings. The molecule has 2 N–H and O–H groups in total. The van der Waals surface area contributed by atoms with Crippen molar-refractivity contribution in [1.29, 1.82) is 0 Å². The number of hydrogen-bond donors (Lipinski definition) is 2. The smallest absolute Gasteiger partial charge is 0.229 e. The second-order valence-corrected chi connectivity index (χ2v) is 4.71. The lowest BCUT2D eigenvalue weighted by atomic mass is 9.98. The van der Waals surface area contributed by atoms with Gasteiger partial charge in [-0.15, -0.1) is 0 Å². The Balaban J connectivity index is 1.92. The zero-order chi connectivity index (χ0) is 12.3. The minimum atomic E-state index is -0.156. The van der Waals surface area contributed by atoms with Crippen LogP contribution in [0.2, 0.25) is 0 Å². The first-order chi connectivity index (χ1) is 8.15. The van der Waals surface area contributed by atoms with Crippen LogP contribution in [0.25, 0.3) is 0 Å². The number of rotatable bonds is 2. The third-order valence-corrected chi connectivity index (χ3v) is 3.10. The first kappa shape index (κ1) is 12.0. The average Bonchev–Trinajstić information content (AvgIpc) is 2.33. The van der Waals surface area contributed by atoms with Crippen LogP contribution in [0.15, 0.2) is 22.9 Å². The fourth-order valence-electron chi connectivity index (χ4n) is 1.65. The fraction of sp³-hybridized carbons (Fsp3) is 0.364. The largest absolute Gasteiger partial charge is 0.355 e. The fourth-order valence-corrected chi connectivity index (χ4v) is 1.89. The second-order valence-electron chi connectivity index (χ2n) is 3.90. The Morgan fingerprint density at radius 1 is 1.53 bits per heavy atom. The Kier molecular flexibility index (Phi) is 3.73. The number of aromatic nitrogens is 1. The van der Waals surface area contributed by atoms with Crippen molar-refractivity contribution in [3.8, 4) is 0 Å².